The van der Waals surface area contributed by atoms with Crippen molar-refractivity contribution in [3.63, 3.8) is 0 Å². The first-order chi connectivity index (χ1) is 11.7. The summed E-state index contributed by atoms with van der Waals surface area (Å²) in [5, 5.41) is 13.0. The molecule has 1 aliphatic rings. The van der Waals surface area contributed by atoms with Crippen LogP contribution in [0.2, 0.25) is 5.02 Å². The lowest BCUT2D eigenvalue weighted by molar-refractivity contribution is 0.669. The summed E-state index contributed by atoms with van der Waals surface area (Å²) >= 11 is 6.36. The van der Waals surface area contributed by atoms with Crippen molar-refractivity contribution >= 4 is 11.6 Å². The van der Waals surface area contributed by atoms with Crippen LogP contribution in [0.4, 0.5) is 0 Å². The lowest BCUT2D eigenvalue weighted by atomic mass is 10.1. The molecule has 0 radical (unpaired) electrons. The van der Waals surface area contributed by atoms with Crippen LogP contribution < -0.4 is 0 Å². The fraction of sp³-hybridized carbons (Fsp3) is 0.133. The maximum absolute atomic E-state index is 6.36. The number of benzene rings is 1. The van der Waals surface area contributed by atoms with Gasteiger partial charge in [-0.05, 0) is 24.6 Å². The van der Waals surface area contributed by atoms with Gasteiger partial charge in [0.1, 0.15) is 6.33 Å². The second kappa shape index (κ2) is 4.75. The molecule has 0 fully saturated rings. The van der Waals surface area contributed by atoms with Gasteiger partial charge in [0.15, 0.2) is 5.82 Å². The third-order valence-corrected chi connectivity index (χ3v) is 4.62. The first-order valence-corrected chi connectivity index (χ1v) is 7.73. The quantitative estimate of drug-likeness (QED) is 0.467. The van der Waals surface area contributed by atoms with Crippen LogP contribution in [-0.4, -0.2) is 39.3 Å². The molecule has 4 heterocycles. The van der Waals surface area contributed by atoms with E-state index in [2.05, 4.69) is 25.4 Å². The summed E-state index contributed by atoms with van der Waals surface area (Å²) in [5.41, 5.74) is 3.82. The Morgan fingerprint density at radius 1 is 1.21 bits per heavy atom. The zero-order valence-corrected chi connectivity index (χ0v) is 13.4. The molecule has 3 aromatic heterocycles. The van der Waals surface area contributed by atoms with Crippen molar-refractivity contribution in [3.05, 3.63) is 53.3 Å². The van der Waals surface area contributed by atoms with Crippen LogP contribution in [0.3, 0.4) is 0 Å². The van der Waals surface area contributed by atoms with E-state index < -0.39 is 0 Å². The smallest absolute Gasteiger partial charge is 0.237 e. The number of fused-ring (bicyclic) bond motifs is 5. The van der Waals surface area contributed by atoms with Gasteiger partial charge < -0.3 is 0 Å². The van der Waals surface area contributed by atoms with Gasteiger partial charge in [-0.15, -0.1) is 5.10 Å². The zero-order chi connectivity index (χ0) is 16.3. The van der Waals surface area contributed by atoms with Gasteiger partial charge in [0.2, 0.25) is 5.95 Å². The van der Waals surface area contributed by atoms with Crippen LogP contribution in [0.25, 0.3) is 23.0 Å². The molecule has 9 heteroatoms. The standard InChI is InChI=1S/C15H11ClN8/c1-9-11(16)2-3-12-13(9)14-18-8-20-23(14)7-10-6-17-15(24(10)12)22-5-4-19-21-22/h2-6,8H,7H2,1H3. The zero-order valence-electron chi connectivity index (χ0n) is 12.6. The van der Waals surface area contributed by atoms with Crippen LogP contribution in [0, 0.1) is 6.92 Å². The van der Waals surface area contributed by atoms with E-state index in [1.807, 2.05) is 34.5 Å². The Morgan fingerprint density at radius 3 is 2.96 bits per heavy atom. The Bertz CT molecular complexity index is 1060. The Morgan fingerprint density at radius 2 is 2.12 bits per heavy atom. The van der Waals surface area contributed by atoms with E-state index >= 15 is 0 Å². The molecule has 0 unspecified atom stereocenters. The van der Waals surface area contributed by atoms with E-state index in [1.165, 1.54) is 0 Å². The minimum atomic E-state index is 0.558. The Balaban J connectivity index is 1.90. The van der Waals surface area contributed by atoms with Crippen LogP contribution in [0.1, 0.15) is 11.3 Å². The normalized spacial score (nSPS) is 12.4. The van der Waals surface area contributed by atoms with Gasteiger partial charge in [-0.25, -0.2) is 14.6 Å². The summed E-state index contributed by atoms with van der Waals surface area (Å²) in [6.07, 6.45) is 6.77. The second-order valence-corrected chi connectivity index (χ2v) is 5.95. The molecule has 4 aromatic rings. The lowest BCUT2D eigenvalue weighted by Crippen LogP contribution is -2.09. The van der Waals surface area contributed by atoms with Crippen LogP contribution in [0.5, 0.6) is 0 Å². The van der Waals surface area contributed by atoms with Crippen molar-refractivity contribution in [2.75, 3.05) is 0 Å². The maximum Gasteiger partial charge on any atom is 0.237 e. The van der Waals surface area contributed by atoms with Crippen molar-refractivity contribution in [2.45, 2.75) is 13.5 Å². The van der Waals surface area contributed by atoms with Gasteiger partial charge in [0, 0.05) is 10.6 Å². The highest BCUT2D eigenvalue weighted by Gasteiger charge is 2.26. The summed E-state index contributed by atoms with van der Waals surface area (Å²) in [7, 11) is 0. The molecular weight excluding hydrogens is 328 g/mol. The summed E-state index contributed by atoms with van der Waals surface area (Å²) in [5.74, 6) is 1.45. The number of imidazole rings is 1. The third kappa shape index (κ3) is 1.71. The van der Waals surface area contributed by atoms with Gasteiger partial charge in [-0.1, -0.05) is 16.8 Å². The molecule has 118 valence electrons. The molecule has 1 aromatic carbocycles. The molecule has 0 saturated heterocycles. The molecule has 0 bridgehead atoms. The van der Waals surface area contributed by atoms with Gasteiger partial charge in [-0.2, -0.15) is 9.78 Å². The van der Waals surface area contributed by atoms with E-state index in [1.54, 1.807) is 23.4 Å². The number of hydrogen-bond acceptors (Lipinski definition) is 5. The summed E-state index contributed by atoms with van der Waals surface area (Å²) in [6.45, 7) is 2.54. The average Bonchev–Trinajstić information content (AvgIpc) is 3.30. The molecule has 0 atom stereocenters. The lowest BCUT2D eigenvalue weighted by Gasteiger charge is -2.14. The molecule has 1 aliphatic heterocycles. The topological polar surface area (TPSA) is 79.2 Å². The molecule has 24 heavy (non-hydrogen) atoms. The Kier molecular flexibility index (Phi) is 2.66. The van der Waals surface area contributed by atoms with E-state index in [4.69, 9.17) is 11.6 Å². The highest BCUT2D eigenvalue weighted by atomic mass is 35.5. The molecular formula is C15H11ClN8. The fourth-order valence-electron chi connectivity index (χ4n) is 3.09. The van der Waals surface area contributed by atoms with Crippen LogP contribution in [0.15, 0.2) is 37.1 Å². The second-order valence-electron chi connectivity index (χ2n) is 5.54. The van der Waals surface area contributed by atoms with Crippen molar-refractivity contribution in [1.29, 1.82) is 0 Å². The van der Waals surface area contributed by atoms with E-state index in [-0.39, 0.29) is 0 Å². The minimum Gasteiger partial charge on any atom is -0.279 e. The van der Waals surface area contributed by atoms with Crippen molar-refractivity contribution in [2.24, 2.45) is 0 Å². The number of aromatic nitrogens is 8. The van der Waals surface area contributed by atoms with Gasteiger partial charge in [0.05, 0.1) is 36.5 Å². The molecule has 0 N–H and O–H groups in total. The highest BCUT2D eigenvalue weighted by molar-refractivity contribution is 6.31. The SMILES string of the molecule is Cc1c(Cl)ccc2c1-c1ncnn1Cc1cnc(-n3ccnn3)n1-2. The largest absolute Gasteiger partial charge is 0.279 e. The number of halogens is 1. The summed E-state index contributed by atoms with van der Waals surface area (Å²) in [4.78, 5) is 8.96. The van der Waals surface area contributed by atoms with E-state index in [0.29, 0.717) is 17.5 Å². The Hall–Kier alpha value is -3.00. The molecule has 0 spiro atoms. The predicted molar refractivity (Wildman–Crippen MR) is 86.3 cm³/mol. The first kappa shape index (κ1) is 13.4. The molecule has 0 amide bonds. The van der Waals surface area contributed by atoms with Gasteiger partial charge in [0.25, 0.3) is 0 Å². The monoisotopic (exact) mass is 338 g/mol. The first-order valence-electron chi connectivity index (χ1n) is 7.35. The summed E-state index contributed by atoms with van der Waals surface area (Å²) < 4.78 is 5.54. The van der Waals surface area contributed by atoms with Crippen LogP contribution in [-0.2, 0) is 6.54 Å². The van der Waals surface area contributed by atoms with Crippen molar-refractivity contribution in [3.8, 4) is 23.0 Å². The number of rotatable bonds is 1. The molecule has 5 rings (SSSR count). The highest BCUT2D eigenvalue weighted by Crippen LogP contribution is 2.37. The minimum absolute atomic E-state index is 0.558. The van der Waals surface area contributed by atoms with E-state index in [9.17, 15) is 0 Å². The third-order valence-electron chi connectivity index (χ3n) is 4.21. The molecule has 8 nitrogen and oxygen atoms in total. The maximum atomic E-state index is 6.36. The molecule has 0 aliphatic carbocycles. The number of hydrogen-bond donors (Lipinski definition) is 0. The van der Waals surface area contributed by atoms with Crippen molar-refractivity contribution < 1.29 is 0 Å². The fourth-order valence-corrected chi connectivity index (χ4v) is 3.25. The average molecular weight is 339 g/mol. The van der Waals surface area contributed by atoms with Crippen molar-refractivity contribution in [1.82, 2.24) is 39.3 Å². The van der Waals surface area contributed by atoms with Crippen LogP contribution >= 0.6 is 11.6 Å². The number of nitrogens with zero attached hydrogens (tertiary/aromatic N) is 8. The van der Waals surface area contributed by atoms with Gasteiger partial charge in [-0.3, -0.25) is 4.57 Å². The van der Waals surface area contributed by atoms with Gasteiger partial charge >= 0.3 is 0 Å². The van der Waals surface area contributed by atoms with E-state index in [0.717, 1.165) is 28.3 Å². The Labute approximate surface area is 141 Å². The predicted octanol–water partition coefficient (Wildman–Crippen LogP) is 2.04. The summed E-state index contributed by atoms with van der Waals surface area (Å²) in [6, 6.07) is 3.86. The molecule has 0 saturated carbocycles.